The molecule has 1 saturated heterocycles. The number of halogens is 3. The summed E-state index contributed by atoms with van der Waals surface area (Å²) in [5.74, 6) is 0. The van der Waals surface area contributed by atoms with Crippen LogP contribution in [0.2, 0.25) is 0 Å². The SMILES string of the molecule is ONC1(c2cnccc2C(F)(F)F)CO1. The lowest BCUT2D eigenvalue weighted by atomic mass is 10.0. The first-order valence-corrected chi connectivity index (χ1v) is 4.06. The molecule has 1 aromatic rings. The predicted molar refractivity (Wildman–Crippen MR) is 41.8 cm³/mol. The maximum atomic E-state index is 12.6. The van der Waals surface area contributed by atoms with Crippen LogP contribution in [0.3, 0.4) is 0 Å². The highest BCUT2D eigenvalue weighted by atomic mass is 19.4. The van der Waals surface area contributed by atoms with Gasteiger partial charge in [0.15, 0.2) is 5.72 Å². The molecule has 7 heteroatoms. The number of pyridine rings is 1. The third kappa shape index (κ3) is 1.69. The summed E-state index contributed by atoms with van der Waals surface area (Å²) in [5, 5.41) is 8.73. The number of rotatable bonds is 2. The van der Waals surface area contributed by atoms with Gasteiger partial charge < -0.3 is 9.94 Å². The van der Waals surface area contributed by atoms with Crippen molar-refractivity contribution in [2.24, 2.45) is 0 Å². The molecule has 2 N–H and O–H groups in total. The lowest BCUT2D eigenvalue weighted by Crippen LogP contribution is -2.30. The second-order valence-electron chi connectivity index (χ2n) is 3.15. The van der Waals surface area contributed by atoms with E-state index >= 15 is 0 Å². The van der Waals surface area contributed by atoms with Crippen LogP contribution in [0.25, 0.3) is 0 Å². The number of aromatic nitrogens is 1. The maximum absolute atomic E-state index is 12.6. The van der Waals surface area contributed by atoms with E-state index in [-0.39, 0.29) is 12.2 Å². The number of nitrogens with zero attached hydrogens (tertiary/aromatic N) is 1. The summed E-state index contributed by atoms with van der Waals surface area (Å²) >= 11 is 0. The van der Waals surface area contributed by atoms with Crippen LogP contribution in [-0.2, 0) is 16.6 Å². The number of epoxide rings is 1. The average molecular weight is 220 g/mol. The van der Waals surface area contributed by atoms with Crippen molar-refractivity contribution in [3.05, 3.63) is 29.6 Å². The van der Waals surface area contributed by atoms with E-state index in [9.17, 15) is 13.2 Å². The minimum Gasteiger partial charge on any atom is -0.347 e. The molecule has 82 valence electrons. The van der Waals surface area contributed by atoms with Gasteiger partial charge in [-0.25, -0.2) is 0 Å². The van der Waals surface area contributed by atoms with Crippen LogP contribution in [0.1, 0.15) is 11.1 Å². The molecular weight excluding hydrogens is 213 g/mol. The predicted octanol–water partition coefficient (Wildman–Crippen LogP) is 1.26. The van der Waals surface area contributed by atoms with Crippen LogP contribution in [0, 0.1) is 0 Å². The van der Waals surface area contributed by atoms with Crippen molar-refractivity contribution in [3.8, 4) is 0 Å². The fourth-order valence-electron chi connectivity index (χ4n) is 1.32. The monoisotopic (exact) mass is 220 g/mol. The van der Waals surface area contributed by atoms with Crippen LogP contribution >= 0.6 is 0 Å². The van der Waals surface area contributed by atoms with Crippen LogP contribution in [-0.4, -0.2) is 16.8 Å². The highest BCUT2D eigenvalue weighted by Crippen LogP contribution is 2.42. The van der Waals surface area contributed by atoms with Crippen molar-refractivity contribution in [1.82, 2.24) is 10.5 Å². The Hall–Kier alpha value is -1.18. The number of hydrogen-bond acceptors (Lipinski definition) is 4. The second kappa shape index (κ2) is 3.16. The van der Waals surface area contributed by atoms with Gasteiger partial charge in [0, 0.05) is 18.0 Å². The van der Waals surface area contributed by atoms with Gasteiger partial charge in [0.2, 0.25) is 0 Å². The molecule has 0 aromatic carbocycles. The Labute approximate surface area is 82.6 Å². The molecule has 0 aliphatic carbocycles. The van der Waals surface area contributed by atoms with Crippen LogP contribution < -0.4 is 5.48 Å². The van der Waals surface area contributed by atoms with E-state index in [2.05, 4.69) is 4.98 Å². The molecule has 0 amide bonds. The molecule has 0 spiro atoms. The number of hydroxylamine groups is 1. The molecule has 1 aliphatic heterocycles. The molecule has 0 bridgehead atoms. The summed E-state index contributed by atoms with van der Waals surface area (Å²) in [6.07, 6.45) is -2.42. The largest absolute Gasteiger partial charge is 0.416 e. The van der Waals surface area contributed by atoms with Gasteiger partial charge in [0.05, 0.1) is 12.2 Å². The van der Waals surface area contributed by atoms with E-state index in [1.54, 1.807) is 5.48 Å². The van der Waals surface area contributed by atoms with Crippen molar-refractivity contribution >= 4 is 0 Å². The Bertz CT molecular complexity index is 376. The highest BCUT2D eigenvalue weighted by Gasteiger charge is 2.51. The first-order chi connectivity index (χ1) is 6.99. The molecule has 1 fully saturated rings. The molecule has 2 heterocycles. The third-order valence-corrected chi connectivity index (χ3v) is 2.18. The molecule has 1 aromatic heterocycles. The number of ether oxygens (including phenoxy) is 1. The van der Waals surface area contributed by atoms with E-state index in [0.717, 1.165) is 18.5 Å². The zero-order chi connectivity index (χ0) is 11.1. The van der Waals surface area contributed by atoms with Crippen molar-refractivity contribution in [3.63, 3.8) is 0 Å². The Kier molecular flexibility index (Phi) is 2.18. The Morgan fingerprint density at radius 3 is 2.67 bits per heavy atom. The fourth-order valence-corrected chi connectivity index (χ4v) is 1.32. The minimum absolute atomic E-state index is 0.0156. The van der Waals surface area contributed by atoms with Gasteiger partial charge in [-0.05, 0) is 6.07 Å². The molecule has 2 rings (SSSR count). The molecule has 0 radical (unpaired) electrons. The normalized spacial score (nSPS) is 25.3. The van der Waals surface area contributed by atoms with Gasteiger partial charge in [-0.3, -0.25) is 4.98 Å². The fraction of sp³-hybridized carbons (Fsp3) is 0.375. The first-order valence-electron chi connectivity index (χ1n) is 4.06. The van der Waals surface area contributed by atoms with Gasteiger partial charge in [-0.15, -0.1) is 0 Å². The van der Waals surface area contributed by atoms with Crippen LogP contribution in [0.4, 0.5) is 13.2 Å². The van der Waals surface area contributed by atoms with Gasteiger partial charge >= 0.3 is 6.18 Å². The molecule has 15 heavy (non-hydrogen) atoms. The quantitative estimate of drug-likeness (QED) is 0.582. The first kappa shape index (κ1) is 10.3. The molecule has 4 nitrogen and oxygen atoms in total. The standard InChI is InChI=1S/C8H7F3N2O2/c9-8(10,11)5-1-2-12-3-6(5)7(13-14)4-15-7/h1-3,13-14H,4H2. The number of alkyl halides is 3. The second-order valence-corrected chi connectivity index (χ2v) is 3.15. The lowest BCUT2D eigenvalue weighted by molar-refractivity contribution is -0.139. The van der Waals surface area contributed by atoms with Crippen molar-refractivity contribution in [2.45, 2.75) is 11.9 Å². The van der Waals surface area contributed by atoms with E-state index in [1.807, 2.05) is 0 Å². The summed E-state index contributed by atoms with van der Waals surface area (Å²) < 4.78 is 42.4. The molecular formula is C8H7F3N2O2. The van der Waals surface area contributed by atoms with Gasteiger partial charge in [-0.2, -0.15) is 18.7 Å². The topological polar surface area (TPSA) is 57.7 Å². The van der Waals surface area contributed by atoms with Gasteiger partial charge in [0.25, 0.3) is 0 Å². The zero-order valence-corrected chi connectivity index (χ0v) is 7.38. The highest BCUT2D eigenvalue weighted by molar-refractivity contribution is 5.33. The molecule has 0 saturated carbocycles. The van der Waals surface area contributed by atoms with Crippen LogP contribution in [0.15, 0.2) is 18.5 Å². The minimum atomic E-state index is -4.49. The Balaban J connectivity index is 2.48. The van der Waals surface area contributed by atoms with Crippen molar-refractivity contribution in [1.29, 1.82) is 0 Å². The summed E-state index contributed by atoms with van der Waals surface area (Å²) in [4.78, 5) is 3.58. The van der Waals surface area contributed by atoms with Crippen molar-refractivity contribution < 1.29 is 23.1 Å². The van der Waals surface area contributed by atoms with E-state index < -0.39 is 17.5 Å². The van der Waals surface area contributed by atoms with Crippen molar-refractivity contribution in [2.75, 3.05) is 6.61 Å². The maximum Gasteiger partial charge on any atom is 0.416 e. The summed E-state index contributed by atoms with van der Waals surface area (Å²) in [6, 6.07) is 0.843. The lowest BCUT2D eigenvalue weighted by Gasteiger charge is -2.16. The number of nitrogens with one attached hydrogen (secondary N) is 1. The summed E-state index contributed by atoms with van der Waals surface area (Å²) in [7, 11) is 0. The summed E-state index contributed by atoms with van der Waals surface area (Å²) in [6.45, 7) is -0.0156. The van der Waals surface area contributed by atoms with E-state index in [0.29, 0.717) is 0 Å². The van der Waals surface area contributed by atoms with E-state index in [1.165, 1.54) is 0 Å². The molecule has 1 unspecified atom stereocenters. The zero-order valence-electron chi connectivity index (χ0n) is 7.38. The van der Waals surface area contributed by atoms with Crippen LogP contribution in [0.5, 0.6) is 0 Å². The molecule has 1 aliphatic rings. The average Bonchev–Trinajstić information content (AvgIpc) is 2.97. The smallest absolute Gasteiger partial charge is 0.347 e. The number of hydrogen-bond donors (Lipinski definition) is 2. The van der Waals surface area contributed by atoms with E-state index in [4.69, 9.17) is 9.94 Å². The third-order valence-electron chi connectivity index (χ3n) is 2.18. The Morgan fingerprint density at radius 1 is 1.53 bits per heavy atom. The Morgan fingerprint density at radius 2 is 2.20 bits per heavy atom. The molecule has 1 atom stereocenters. The van der Waals surface area contributed by atoms with Gasteiger partial charge in [-0.1, -0.05) is 0 Å². The van der Waals surface area contributed by atoms with Gasteiger partial charge in [0.1, 0.15) is 0 Å². The summed E-state index contributed by atoms with van der Waals surface area (Å²) in [5.41, 5.74) is -0.799.